The Morgan fingerprint density at radius 2 is 1.72 bits per heavy atom. The lowest BCUT2D eigenvalue weighted by Crippen LogP contribution is -2.32. The highest BCUT2D eigenvalue weighted by atomic mass is 16.5. The van der Waals surface area contributed by atoms with Crippen molar-refractivity contribution < 1.29 is 14.3 Å². The van der Waals surface area contributed by atoms with E-state index in [9.17, 15) is 9.59 Å². The molecule has 0 unspecified atom stereocenters. The maximum atomic E-state index is 13.0. The average Bonchev–Trinajstić information content (AvgIpc) is 2.77. The number of fused-ring (bicyclic) bond motifs is 1. The van der Waals surface area contributed by atoms with Gasteiger partial charge in [-0.25, -0.2) is 4.68 Å². The van der Waals surface area contributed by atoms with Gasteiger partial charge in [0.15, 0.2) is 17.2 Å². The van der Waals surface area contributed by atoms with Crippen molar-refractivity contribution in [2.75, 3.05) is 19.8 Å². The minimum atomic E-state index is -0.297. The lowest BCUT2D eigenvalue weighted by atomic mass is 10.1. The van der Waals surface area contributed by atoms with Crippen molar-refractivity contribution >= 4 is 16.7 Å². The standard InChI is InChI=1S/C25H31N3O4/c1-5-31-21-12-11-18(15-22(21)32-6-2)13-14-26-24(29)23-19-9-7-8-10-20(19)25(30)28(27-23)16-17(3)4/h7-12,15,17H,5-6,13-14,16H2,1-4H3,(H,26,29). The molecule has 0 atom stereocenters. The van der Waals surface area contributed by atoms with Crippen LogP contribution in [0.5, 0.6) is 11.5 Å². The van der Waals surface area contributed by atoms with Crippen molar-refractivity contribution in [3.63, 3.8) is 0 Å². The zero-order valence-electron chi connectivity index (χ0n) is 19.2. The number of hydrogen-bond donors (Lipinski definition) is 1. The topological polar surface area (TPSA) is 82.5 Å². The van der Waals surface area contributed by atoms with Crippen molar-refractivity contribution in [1.82, 2.24) is 15.1 Å². The van der Waals surface area contributed by atoms with Gasteiger partial charge in [0, 0.05) is 18.5 Å². The zero-order chi connectivity index (χ0) is 23.1. The summed E-state index contributed by atoms with van der Waals surface area (Å²) in [5.41, 5.74) is 1.12. The van der Waals surface area contributed by atoms with E-state index in [1.54, 1.807) is 18.2 Å². The number of carbonyl (C=O) groups is 1. The maximum Gasteiger partial charge on any atom is 0.274 e. The number of ether oxygens (including phenoxy) is 2. The van der Waals surface area contributed by atoms with E-state index in [-0.39, 0.29) is 23.1 Å². The molecule has 32 heavy (non-hydrogen) atoms. The smallest absolute Gasteiger partial charge is 0.274 e. The number of nitrogens with zero attached hydrogens (tertiary/aromatic N) is 2. The molecule has 0 bridgehead atoms. The summed E-state index contributed by atoms with van der Waals surface area (Å²) in [4.78, 5) is 25.7. The second-order valence-electron chi connectivity index (χ2n) is 7.93. The summed E-state index contributed by atoms with van der Waals surface area (Å²) < 4.78 is 12.7. The van der Waals surface area contributed by atoms with Gasteiger partial charge in [-0.05, 0) is 49.9 Å². The predicted octanol–water partition coefficient (Wildman–Crippen LogP) is 3.82. The largest absolute Gasteiger partial charge is 0.490 e. The van der Waals surface area contributed by atoms with Crippen molar-refractivity contribution in [2.45, 2.75) is 40.7 Å². The van der Waals surface area contributed by atoms with Crippen LogP contribution in [0, 0.1) is 5.92 Å². The van der Waals surface area contributed by atoms with E-state index in [2.05, 4.69) is 10.4 Å². The predicted molar refractivity (Wildman–Crippen MR) is 126 cm³/mol. The fraction of sp³-hybridized carbons (Fsp3) is 0.400. The van der Waals surface area contributed by atoms with Crippen LogP contribution in [0.15, 0.2) is 47.3 Å². The van der Waals surface area contributed by atoms with Gasteiger partial charge >= 0.3 is 0 Å². The first-order valence-electron chi connectivity index (χ1n) is 11.1. The molecule has 1 aromatic heterocycles. The Hall–Kier alpha value is -3.35. The highest BCUT2D eigenvalue weighted by Crippen LogP contribution is 2.28. The molecule has 1 N–H and O–H groups in total. The molecular formula is C25H31N3O4. The highest BCUT2D eigenvalue weighted by Gasteiger charge is 2.17. The molecule has 1 heterocycles. The van der Waals surface area contributed by atoms with Crippen LogP contribution in [0.1, 0.15) is 43.7 Å². The molecule has 7 nitrogen and oxygen atoms in total. The Labute approximate surface area is 188 Å². The molecule has 0 fully saturated rings. The van der Waals surface area contributed by atoms with Crippen LogP contribution in [0.3, 0.4) is 0 Å². The molecule has 7 heteroatoms. The summed E-state index contributed by atoms with van der Waals surface area (Å²) >= 11 is 0. The van der Waals surface area contributed by atoms with Gasteiger partial charge in [0.25, 0.3) is 11.5 Å². The van der Waals surface area contributed by atoms with E-state index in [4.69, 9.17) is 9.47 Å². The molecule has 3 aromatic rings. The van der Waals surface area contributed by atoms with Gasteiger partial charge in [-0.1, -0.05) is 38.1 Å². The molecule has 0 saturated carbocycles. The second kappa shape index (κ2) is 10.8. The third kappa shape index (κ3) is 5.46. The molecule has 170 valence electrons. The number of aromatic nitrogens is 2. The SMILES string of the molecule is CCOc1ccc(CCNC(=O)c2nn(CC(C)C)c(=O)c3ccccc23)cc1OCC. The van der Waals surface area contributed by atoms with Crippen molar-refractivity contribution in [2.24, 2.45) is 5.92 Å². The molecule has 0 aliphatic heterocycles. The van der Waals surface area contributed by atoms with Crippen molar-refractivity contribution in [1.29, 1.82) is 0 Å². The lowest BCUT2D eigenvalue weighted by Gasteiger charge is -2.14. The van der Waals surface area contributed by atoms with E-state index < -0.39 is 0 Å². The number of carbonyl (C=O) groups excluding carboxylic acids is 1. The normalized spacial score (nSPS) is 11.0. The van der Waals surface area contributed by atoms with Crippen LogP contribution in [-0.4, -0.2) is 35.4 Å². The summed E-state index contributed by atoms with van der Waals surface area (Å²) in [6.45, 7) is 9.88. The lowest BCUT2D eigenvalue weighted by molar-refractivity contribution is 0.0948. The van der Waals surface area contributed by atoms with E-state index in [0.717, 1.165) is 5.56 Å². The summed E-state index contributed by atoms with van der Waals surface area (Å²) in [5, 5.41) is 8.40. The molecule has 0 aliphatic rings. The quantitative estimate of drug-likeness (QED) is 0.521. The van der Waals surface area contributed by atoms with Gasteiger partial charge in [0.05, 0.1) is 18.6 Å². The van der Waals surface area contributed by atoms with Gasteiger partial charge in [-0.15, -0.1) is 0 Å². The van der Waals surface area contributed by atoms with E-state index in [1.807, 2.05) is 52.0 Å². The Morgan fingerprint density at radius 1 is 1.03 bits per heavy atom. The minimum Gasteiger partial charge on any atom is -0.490 e. The third-order valence-corrected chi connectivity index (χ3v) is 4.93. The van der Waals surface area contributed by atoms with Gasteiger partial charge in [-0.2, -0.15) is 5.10 Å². The Morgan fingerprint density at radius 3 is 2.41 bits per heavy atom. The summed E-state index contributed by atoms with van der Waals surface area (Å²) in [6.07, 6.45) is 0.627. The second-order valence-corrected chi connectivity index (χ2v) is 7.93. The third-order valence-electron chi connectivity index (χ3n) is 4.93. The Bertz CT molecular complexity index is 1140. The fourth-order valence-corrected chi connectivity index (χ4v) is 3.53. The van der Waals surface area contributed by atoms with E-state index >= 15 is 0 Å². The van der Waals surface area contributed by atoms with Crippen LogP contribution in [0.4, 0.5) is 0 Å². The van der Waals surface area contributed by atoms with Crippen molar-refractivity contribution in [3.8, 4) is 11.5 Å². The summed E-state index contributed by atoms with van der Waals surface area (Å²) in [5.74, 6) is 1.35. The van der Waals surface area contributed by atoms with Gasteiger partial charge in [0.2, 0.25) is 0 Å². The number of amides is 1. The highest BCUT2D eigenvalue weighted by molar-refractivity contribution is 6.04. The Kier molecular flexibility index (Phi) is 7.87. The Balaban J connectivity index is 1.77. The van der Waals surface area contributed by atoms with Gasteiger partial charge in [-0.3, -0.25) is 9.59 Å². The molecule has 0 saturated heterocycles. The van der Waals surface area contributed by atoms with E-state index in [1.165, 1.54) is 4.68 Å². The van der Waals surface area contributed by atoms with E-state index in [0.29, 0.717) is 55.0 Å². The van der Waals surface area contributed by atoms with Crippen molar-refractivity contribution in [3.05, 3.63) is 64.1 Å². The number of benzene rings is 2. The average molecular weight is 438 g/mol. The van der Waals surface area contributed by atoms with Crippen LogP contribution in [0.25, 0.3) is 10.8 Å². The molecule has 0 radical (unpaired) electrons. The first-order chi connectivity index (χ1) is 15.4. The van der Waals surface area contributed by atoms with Crippen LogP contribution >= 0.6 is 0 Å². The van der Waals surface area contributed by atoms with Crippen LogP contribution < -0.4 is 20.3 Å². The van der Waals surface area contributed by atoms with Crippen LogP contribution in [0.2, 0.25) is 0 Å². The molecule has 2 aromatic carbocycles. The summed E-state index contributed by atoms with van der Waals surface area (Å²) in [7, 11) is 0. The van der Waals surface area contributed by atoms with Gasteiger partial charge in [0.1, 0.15) is 0 Å². The maximum absolute atomic E-state index is 13.0. The molecular weight excluding hydrogens is 406 g/mol. The fourth-order valence-electron chi connectivity index (χ4n) is 3.53. The molecule has 3 rings (SSSR count). The first-order valence-corrected chi connectivity index (χ1v) is 11.1. The number of nitrogens with one attached hydrogen (secondary N) is 1. The molecule has 0 aliphatic carbocycles. The summed E-state index contributed by atoms with van der Waals surface area (Å²) in [6, 6.07) is 12.9. The first kappa shape index (κ1) is 23.3. The van der Waals surface area contributed by atoms with Crippen LogP contribution in [-0.2, 0) is 13.0 Å². The number of rotatable bonds is 10. The van der Waals surface area contributed by atoms with Gasteiger partial charge < -0.3 is 14.8 Å². The molecule has 0 spiro atoms. The number of hydrogen-bond acceptors (Lipinski definition) is 5. The zero-order valence-corrected chi connectivity index (χ0v) is 19.2. The minimum absolute atomic E-state index is 0.177. The monoisotopic (exact) mass is 437 g/mol. The molecule has 1 amide bonds.